The van der Waals surface area contributed by atoms with E-state index in [2.05, 4.69) is 43.5 Å². The van der Waals surface area contributed by atoms with E-state index >= 15 is 0 Å². The summed E-state index contributed by atoms with van der Waals surface area (Å²) in [5.41, 5.74) is 0. The molecule has 0 aromatic heterocycles. The smallest absolute Gasteiger partial charge is 0.220 e. The number of aliphatic hydroxyl groups is 8. The van der Waals surface area contributed by atoms with Crippen molar-refractivity contribution in [2.24, 2.45) is 0 Å². The Kier molecular flexibility index (Phi) is 47.9. The van der Waals surface area contributed by atoms with E-state index in [9.17, 15) is 45.6 Å². The third-order valence-corrected chi connectivity index (χ3v) is 16.3. The van der Waals surface area contributed by atoms with Crippen LogP contribution >= 0.6 is 0 Å². The minimum absolute atomic E-state index is 0.257. The number of ether oxygens (including phenoxy) is 4. The van der Waals surface area contributed by atoms with Crippen LogP contribution in [-0.4, -0.2) is 140 Å². The third kappa shape index (κ3) is 36.1. The van der Waals surface area contributed by atoms with Gasteiger partial charge in [-0.2, -0.15) is 0 Å². The van der Waals surface area contributed by atoms with Gasteiger partial charge in [-0.15, -0.1) is 0 Å². The summed E-state index contributed by atoms with van der Waals surface area (Å²) in [4.78, 5) is 13.2. The first kappa shape index (κ1) is 74.3. The van der Waals surface area contributed by atoms with E-state index in [0.29, 0.717) is 12.8 Å². The number of carbonyl (C=O) groups excluding carboxylic acids is 1. The molecular formula is C66H123NO13. The van der Waals surface area contributed by atoms with Crippen molar-refractivity contribution >= 4 is 5.91 Å². The summed E-state index contributed by atoms with van der Waals surface area (Å²) in [6.45, 7) is 2.78. The monoisotopic (exact) mass is 1140 g/mol. The standard InChI is InChI=1S/C66H123NO13/c1-3-5-7-9-11-13-15-17-18-19-20-21-22-23-24-25-26-27-28-29-30-31-32-33-34-35-36-38-39-41-43-45-47-49-55(70)54(67-58(71)50-48-46-44-42-40-37-16-14-12-10-8-6-4-2)53-77-65-63(76)61(74)64(57(52-69)79-65)80-66-62(75)60(73)59(72)56(51-68)78-66/h14,16,39,41,47,49,54-57,59-66,68-70,72-76H,3-13,15,17-38,40,42-46,48,50-53H2,1-2H3,(H,67,71)/b16-14-,41-39+,49-47+. The van der Waals surface area contributed by atoms with Crippen molar-refractivity contribution in [3.63, 3.8) is 0 Å². The SMILES string of the molecule is CCCCCC/C=C\CCCCCCCC(=O)NC(COC1OC(CO)C(OC2OC(CO)C(O)C(O)C2O)C(O)C1O)C(O)/C=C/CC/C=C/CCCCCCCCCCCCCCCCCCCCCCCCCCCCC. The summed E-state index contributed by atoms with van der Waals surface area (Å²) in [6.07, 6.45) is 48.0. The second kappa shape index (κ2) is 51.6. The van der Waals surface area contributed by atoms with Gasteiger partial charge in [-0.3, -0.25) is 4.79 Å². The van der Waals surface area contributed by atoms with Gasteiger partial charge in [0.2, 0.25) is 5.91 Å². The van der Waals surface area contributed by atoms with Crippen LogP contribution in [0, 0.1) is 0 Å². The number of carbonyl (C=O) groups is 1. The van der Waals surface area contributed by atoms with Crippen LogP contribution in [-0.2, 0) is 23.7 Å². The highest BCUT2D eigenvalue weighted by Gasteiger charge is 2.51. The zero-order valence-corrected chi connectivity index (χ0v) is 50.8. The summed E-state index contributed by atoms with van der Waals surface area (Å²) in [7, 11) is 0. The van der Waals surface area contributed by atoms with Crippen LogP contribution in [0.25, 0.3) is 0 Å². The van der Waals surface area contributed by atoms with Crippen LogP contribution < -0.4 is 5.32 Å². The molecular weight excluding hydrogens is 1010 g/mol. The lowest BCUT2D eigenvalue weighted by atomic mass is 9.97. The molecule has 0 spiro atoms. The molecule has 2 heterocycles. The van der Waals surface area contributed by atoms with Crippen LogP contribution in [0.4, 0.5) is 0 Å². The molecule has 470 valence electrons. The summed E-state index contributed by atoms with van der Waals surface area (Å²) >= 11 is 0. The van der Waals surface area contributed by atoms with Gasteiger partial charge in [0.05, 0.1) is 32.0 Å². The Morgan fingerprint density at radius 2 is 0.800 bits per heavy atom. The average Bonchev–Trinajstić information content (AvgIpc) is 3.47. The Morgan fingerprint density at radius 3 is 1.24 bits per heavy atom. The van der Waals surface area contributed by atoms with Crippen molar-refractivity contribution in [2.45, 2.75) is 357 Å². The van der Waals surface area contributed by atoms with Gasteiger partial charge in [-0.05, 0) is 57.8 Å². The molecule has 14 heteroatoms. The normalized spacial score (nSPS) is 24.4. The Balaban J connectivity index is 1.65. The molecule has 14 nitrogen and oxygen atoms in total. The van der Waals surface area contributed by atoms with Crippen LogP contribution in [0.3, 0.4) is 0 Å². The fourth-order valence-electron chi connectivity index (χ4n) is 11.0. The number of aliphatic hydroxyl groups excluding tert-OH is 8. The molecule has 2 fully saturated rings. The van der Waals surface area contributed by atoms with Crippen LogP contribution in [0.5, 0.6) is 0 Å². The van der Waals surface area contributed by atoms with E-state index in [1.165, 1.54) is 199 Å². The largest absolute Gasteiger partial charge is 0.394 e. The van der Waals surface area contributed by atoms with Gasteiger partial charge in [0.25, 0.3) is 0 Å². The highest BCUT2D eigenvalue weighted by molar-refractivity contribution is 5.76. The maximum atomic E-state index is 13.2. The molecule has 2 aliphatic heterocycles. The maximum Gasteiger partial charge on any atom is 0.220 e. The number of unbranched alkanes of at least 4 members (excludes halogenated alkanes) is 37. The van der Waals surface area contributed by atoms with Crippen molar-refractivity contribution in [1.29, 1.82) is 0 Å². The fraction of sp³-hybridized carbons (Fsp3) is 0.894. The van der Waals surface area contributed by atoms with Crippen molar-refractivity contribution in [2.75, 3.05) is 19.8 Å². The number of rotatable bonds is 54. The van der Waals surface area contributed by atoms with E-state index in [1.54, 1.807) is 6.08 Å². The van der Waals surface area contributed by atoms with Gasteiger partial charge >= 0.3 is 0 Å². The summed E-state index contributed by atoms with van der Waals surface area (Å²) in [6, 6.07) is -0.935. The molecule has 0 aromatic rings. The van der Waals surface area contributed by atoms with Crippen molar-refractivity contribution in [1.82, 2.24) is 5.32 Å². The molecule has 2 saturated heterocycles. The molecule has 2 rings (SSSR count). The second-order valence-corrected chi connectivity index (χ2v) is 23.6. The van der Waals surface area contributed by atoms with Crippen molar-refractivity contribution in [3.8, 4) is 0 Å². The first-order chi connectivity index (χ1) is 39.1. The molecule has 0 radical (unpaired) electrons. The van der Waals surface area contributed by atoms with Gasteiger partial charge in [0.1, 0.15) is 48.8 Å². The molecule has 9 N–H and O–H groups in total. The van der Waals surface area contributed by atoms with Crippen molar-refractivity contribution in [3.05, 3.63) is 36.5 Å². The van der Waals surface area contributed by atoms with E-state index in [-0.39, 0.29) is 18.9 Å². The molecule has 0 saturated carbocycles. The Labute approximate surface area is 487 Å². The molecule has 0 aliphatic carbocycles. The predicted octanol–water partition coefficient (Wildman–Crippen LogP) is 12.6. The zero-order chi connectivity index (χ0) is 58.1. The second-order valence-electron chi connectivity index (χ2n) is 23.6. The summed E-state index contributed by atoms with van der Waals surface area (Å²) < 4.78 is 22.8. The molecule has 12 atom stereocenters. The lowest BCUT2D eigenvalue weighted by Crippen LogP contribution is -2.65. The number of hydrogen-bond acceptors (Lipinski definition) is 13. The predicted molar refractivity (Wildman–Crippen MR) is 323 cm³/mol. The van der Waals surface area contributed by atoms with Gasteiger partial charge in [0, 0.05) is 6.42 Å². The molecule has 2 aliphatic rings. The average molecular weight is 1140 g/mol. The lowest BCUT2D eigenvalue weighted by Gasteiger charge is -2.46. The van der Waals surface area contributed by atoms with Crippen LogP contribution in [0.1, 0.15) is 284 Å². The number of amides is 1. The quantitative estimate of drug-likeness (QED) is 0.0204. The topological polar surface area (TPSA) is 228 Å². The molecule has 0 bridgehead atoms. The molecule has 12 unspecified atom stereocenters. The number of nitrogens with one attached hydrogen (secondary N) is 1. The van der Waals surface area contributed by atoms with E-state index < -0.39 is 86.8 Å². The minimum atomic E-state index is -1.79. The molecule has 80 heavy (non-hydrogen) atoms. The minimum Gasteiger partial charge on any atom is -0.394 e. The van der Waals surface area contributed by atoms with E-state index in [4.69, 9.17) is 18.9 Å². The number of hydrogen-bond donors (Lipinski definition) is 9. The van der Waals surface area contributed by atoms with Gasteiger partial charge in [0.15, 0.2) is 12.6 Å². The van der Waals surface area contributed by atoms with E-state index in [0.717, 1.165) is 51.4 Å². The number of allylic oxidation sites excluding steroid dienone is 5. The fourth-order valence-corrected chi connectivity index (χ4v) is 11.0. The highest BCUT2D eigenvalue weighted by Crippen LogP contribution is 2.30. The zero-order valence-electron chi connectivity index (χ0n) is 50.8. The first-order valence-electron chi connectivity index (χ1n) is 33.2. The first-order valence-corrected chi connectivity index (χ1v) is 33.2. The Bertz CT molecular complexity index is 1480. The molecule has 1 amide bonds. The highest BCUT2D eigenvalue weighted by atomic mass is 16.7. The van der Waals surface area contributed by atoms with Gasteiger partial charge in [-0.25, -0.2) is 0 Å². The summed E-state index contributed by atoms with van der Waals surface area (Å²) in [5, 5.41) is 87.1. The Hall–Kier alpha value is -1.79. The van der Waals surface area contributed by atoms with Crippen LogP contribution in [0.15, 0.2) is 36.5 Å². The van der Waals surface area contributed by atoms with Crippen molar-refractivity contribution < 1.29 is 64.6 Å². The Morgan fingerprint density at radius 1 is 0.438 bits per heavy atom. The maximum absolute atomic E-state index is 13.2. The van der Waals surface area contributed by atoms with Gasteiger partial charge in [-0.1, -0.05) is 256 Å². The summed E-state index contributed by atoms with van der Waals surface area (Å²) in [5.74, 6) is -0.257. The third-order valence-electron chi connectivity index (χ3n) is 16.3. The van der Waals surface area contributed by atoms with Gasteiger partial charge < -0.3 is 65.1 Å². The van der Waals surface area contributed by atoms with Crippen LogP contribution in [0.2, 0.25) is 0 Å². The molecule has 0 aromatic carbocycles. The lowest BCUT2D eigenvalue weighted by molar-refractivity contribution is -0.359. The van der Waals surface area contributed by atoms with E-state index in [1.807, 2.05) is 6.08 Å².